The van der Waals surface area contributed by atoms with Gasteiger partial charge in [-0.25, -0.2) is 0 Å². The summed E-state index contributed by atoms with van der Waals surface area (Å²) in [4.78, 5) is 0. The van der Waals surface area contributed by atoms with Crippen molar-refractivity contribution in [2.24, 2.45) is 0 Å². The molecule has 0 aromatic heterocycles. The summed E-state index contributed by atoms with van der Waals surface area (Å²) in [7, 11) is 0. The van der Waals surface area contributed by atoms with Gasteiger partial charge in [-0.3, -0.25) is 0 Å². The fourth-order valence-electron chi connectivity index (χ4n) is 0.149. The van der Waals surface area contributed by atoms with Gasteiger partial charge in [0.05, 0.1) is 0 Å². The molecule has 6 heteroatoms. The molecule has 0 radical (unpaired) electrons. The molecule has 4 N–H and O–H groups in total. The summed E-state index contributed by atoms with van der Waals surface area (Å²) in [5.74, 6) is 0. The molecule has 52 valence electrons. The molecule has 0 rings (SSSR count). The number of rotatable bonds is 2. The quantitative estimate of drug-likeness (QED) is 0.738. The largest absolute Gasteiger partial charge is 0.344 e. The first kappa shape index (κ1) is 11.0. The smallest absolute Gasteiger partial charge is 0.344 e. The fourth-order valence-corrected chi connectivity index (χ4v) is 1.22. The molecule has 0 aliphatic carbocycles. The average molecular weight is 295 g/mol. The molecule has 0 spiro atoms. The van der Waals surface area contributed by atoms with E-state index in [0.717, 1.165) is 0 Å². The van der Waals surface area contributed by atoms with Gasteiger partial charge >= 0.3 is 44.2 Å². The van der Waals surface area contributed by atoms with Crippen molar-refractivity contribution in [3.63, 3.8) is 0 Å². The Morgan fingerprint density at radius 2 is 2.00 bits per heavy atom. The van der Waals surface area contributed by atoms with Crippen LogP contribution in [0.4, 0.5) is 0 Å². The Hall–Kier alpha value is 0.168. The third-order valence-electron chi connectivity index (χ3n) is 0.267. The molecular formula is C2H9NO4W. The van der Waals surface area contributed by atoms with E-state index in [1.165, 1.54) is 6.92 Å². The molecule has 0 aromatic carbocycles. The molecule has 0 atom stereocenters. The van der Waals surface area contributed by atoms with Crippen LogP contribution in [0.3, 0.4) is 0 Å². The summed E-state index contributed by atoms with van der Waals surface area (Å²) in [5.41, 5.74) is 0. The summed E-state index contributed by atoms with van der Waals surface area (Å²) < 4.78 is 31.2. The van der Waals surface area contributed by atoms with Crippen molar-refractivity contribution >= 4 is 0 Å². The summed E-state index contributed by atoms with van der Waals surface area (Å²) in [6, 6.07) is 0. The van der Waals surface area contributed by atoms with Crippen molar-refractivity contribution in [3.05, 3.63) is 0 Å². The molecule has 0 saturated carbocycles. The number of hydrogen-bond donors (Lipinski definition) is 2. The second-order valence-corrected chi connectivity index (χ2v) is 4.75. The van der Waals surface area contributed by atoms with Crippen LogP contribution in [0, 0.1) is 0 Å². The van der Waals surface area contributed by atoms with E-state index in [9.17, 15) is 6.80 Å². The van der Waals surface area contributed by atoms with Crippen molar-refractivity contribution in [1.29, 1.82) is 0 Å². The van der Waals surface area contributed by atoms with Gasteiger partial charge in [-0.05, 0) is 0 Å². The summed E-state index contributed by atoms with van der Waals surface area (Å²) in [6.45, 7) is 1.52. The van der Waals surface area contributed by atoms with Crippen LogP contribution in [-0.2, 0) is 26.9 Å². The Morgan fingerprint density at radius 1 is 1.62 bits per heavy atom. The SMILES string of the molecule is CC[O][W](=[O])(=[O])[OH].N. The Bertz CT molecular complexity index is 127. The Kier molecular flexibility index (Phi) is 5.64. The molecule has 0 bridgehead atoms. The van der Waals surface area contributed by atoms with E-state index in [1.54, 1.807) is 0 Å². The van der Waals surface area contributed by atoms with Crippen LogP contribution in [-0.4, -0.2) is 10.4 Å². The van der Waals surface area contributed by atoms with Crippen molar-refractivity contribution in [1.82, 2.24) is 6.15 Å². The van der Waals surface area contributed by atoms with E-state index in [-0.39, 0.29) is 12.8 Å². The Labute approximate surface area is 51.0 Å². The van der Waals surface area contributed by atoms with Crippen LogP contribution in [0.2, 0.25) is 0 Å². The molecule has 5 nitrogen and oxygen atoms in total. The van der Waals surface area contributed by atoms with Crippen molar-refractivity contribution in [3.8, 4) is 0 Å². The molecule has 0 aromatic rings. The van der Waals surface area contributed by atoms with Crippen molar-refractivity contribution < 1.29 is 30.7 Å². The van der Waals surface area contributed by atoms with Gasteiger partial charge in [0.2, 0.25) is 0 Å². The van der Waals surface area contributed by atoms with E-state index in [0.29, 0.717) is 0 Å². The van der Waals surface area contributed by atoms with E-state index < -0.39 is 16.7 Å². The van der Waals surface area contributed by atoms with Gasteiger partial charge in [0, 0.05) is 0 Å². The summed E-state index contributed by atoms with van der Waals surface area (Å²) in [6.07, 6.45) is 0. The second kappa shape index (κ2) is 4.09. The third-order valence-corrected chi connectivity index (χ3v) is 2.18. The van der Waals surface area contributed by atoms with Gasteiger partial charge in [-0.1, -0.05) is 0 Å². The monoisotopic (exact) mass is 295 g/mol. The minimum atomic E-state index is -5.26. The van der Waals surface area contributed by atoms with E-state index in [2.05, 4.69) is 3.39 Å². The maximum absolute atomic E-state index is 9.69. The van der Waals surface area contributed by atoms with Gasteiger partial charge in [0.25, 0.3) is 0 Å². The molecule has 0 fully saturated rings. The zero-order valence-corrected chi connectivity index (χ0v) is 7.43. The first-order chi connectivity index (χ1) is 3.06. The Balaban J connectivity index is 0. The molecule has 0 aliphatic heterocycles. The molecule has 0 amide bonds. The maximum atomic E-state index is 9.69. The van der Waals surface area contributed by atoms with Crippen molar-refractivity contribution in [2.45, 2.75) is 6.92 Å². The molecule has 8 heavy (non-hydrogen) atoms. The summed E-state index contributed by atoms with van der Waals surface area (Å²) >= 11 is -5.26. The van der Waals surface area contributed by atoms with Crippen LogP contribution in [0.15, 0.2) is 0 Å². The maximum Gasteiger partial charge on any atom is -0.344 e. The van der Waals surface area contributed by atoms with Crippen LogP contribution in [0.25, 0.3) is 0 Å². The molecule has 0 aliphatic rings. The fraction of sp³-hybridized carbons (Fsp3) is 1.00. The van der Waals surface area contributed by atoms with E-state index in [4.69, 9.17) is 3.76 Å². The van der Waals surface area contributed by atoms with Crippen LogP contribution in [0.5, 0.6) is 0 Å². The predicted octanol–water partition coefficient (Wildman–Crippen LogP) is -0.148. The third kappa shape index (κ3) is 9.48. The minimum absolute atomic E-state index is 0. The average Bonchev–Trinajstić information content (AvgIpc) is 1.30. The zero-order chi connectivity index (χ0) is 5.91. The Morgan fingerprint density at radius 3 is 2.00 bits per heavy atom. The van der Waals surface area contributed by atoms with Gasteiger partial charge in [0.1, 0.15) is 0 Å². The van der Waals surface area contributed by atoms with Crippen molar-refractivity contribution in [2.75, 3.05) is 6.61 Å². The van der Waals surface area contributed by atoms with Gasteiger partial charge < -0.3 is 6.15 Å². The van der Waals surface area contributed by atoms with E-state index in [1.807, 2.05) is 0 Å². The second-order valence-electron chi connectivity index (χ2n) is 0.834. The van der Waals surface area contributed by atoms with Crippen LogP contribution in [0.1, 0.15) is 6.92 Å². The first-order valence-corrected chi connectivity index (χ1v) is 6.58. The minimum Gasteiger partial charge on any atom is -0.344 e. The van der Waals surface area contributed by atoms with E-state index >= 15 is 0 Å². The molecule has 0 heterocycles. The first-order valence-electron chi connectivity index (χ1n) is 1.68. The normalized spacial score (nSPS) is 10.2. The summed E-state index contributed by atoms with van der Waals surface area (Å²) in [5, 5.41) is 0. The van der Waals surface area contributed by atoms with Crippen LogP contribution < -0.4 is 6.15 Å². The number of hydrogen-bond acceptors (Lipinski definition) is 4. The van der Waals surface area contributed by atoms with Gasteiger partial charge in [0.15, 0.2) is 0 Å². The van der Waals surface area contributed by atoms with Gasteiger partial charge in [-0.2, -0.15) is 0 Å². The van der Waals surface area contributed by atoms with Crippen LogP contribution >= 0.6 is 0 Å². The molecular weight excluding hydrogens is 286 g/mol. The molecule has 0 saturated heterocycles. The zero-order valence-electron chi connectivity index (χ0n) is 4.49. The topological polar surface area (TPSA) is 98.6 Å². The standard InChI is InChI=1S/C2H5O.H3N.H2O.2O.W/c1-2-3;;;;;/h2H2,1H3;1H3;1H2;;;/q-1;;;;;+2/p-1. The predicted molar refractivity (Wildman–Crippen MR) is 20.2 cm³/mol. The molecule has 0 unspecified atom stereocenters. The van der Waals surface area contributed by atoms with Gasteiger partial charge in [-0.15, -0.1) is 0 Å².